The molecule has 2 fully saturated rings. The summed E-state index contributed by atoms with van der Waals surface area (Å²) >= 11 is 0. The Bertz CT molecular complexity index is 537. The fourth-order valence-corrected chi connectivity index (χ4v) is 4.13. The van der Waals surface area contributed by atoms with Gasteiger partial charge in [0.25, 0.3) is 0 Å². The van der Waals surface area contributed by atoms with Crippen molar-refractivity contribution < 1.29 is 18.0 Å². The minimum Gasteiger partial charge on any atom is -0.340 e. The van der Waals surface area contributed by atoms with E-state index in [-0.39, 0.29) is 35.8 Å². The highest BCUT2D eigenvalue weighted by molar-refractivity contribution is 7.91. The fourth-order valence-electron chi connectivity index (χ4n) is 2.83. The van der Waals surface area contributed by atoms with E-state index in [9.17, 15) is 18.0 Å². The SMILES string of the molecule is CCCS(=O)(=O)CCN1C(=O)C(C)(C)NC(=O)C1C1CC1. The number of sulfone groups is 1. The number of nitrogens with zero attached hydrogens (tertiary/aromatic N) is 1. The minimum absolute atomic E-state index is 0.0703. The third-order valence-corrected chi connectivity index (χ3v) is 5.90. The molecule has 1 heterocycles. The lowest BCUT2D eigenvalue weighted by molar-refractivity contribution is -0.154. The van der Waals surface area contributed by atoms with Crippen molar-refractivity contribution in [3.8, 4) is 0 Å². The van der Waals surface area contributed by atoms with Gasteiger partial charge in [0, 0.05) is 12.3 Å². The van der Waals surface area contributed by atoms with Crippen LogP contribution in [0.1, 0.15) is 40.0 Å². The molecule has 1 saturated heterocycles. The van der Waals surface area contributed by atoms with Gasteiger partial charge in [-0.2, -0.15) is 0 Å². The van der Waals surface area contributed by atoms with Crippen molar-refractivity contribution in [3.63, 3.8) is 0 Å². The molecule has 6 nitrogen and oxygen atoms in total. The molecule has 2 amide bonds. The molecule has 1 aliphatic heterocycles. The van der Waals surface area contributed by atoms with E-state index in [2.05, 4.69) is 5.32 Å². The maximum Gasteiger partial charge on any atom is 0.248 e. The lowest BCUT2D eigenvalue weighted by Gasteiger charge is -2.43. The van der Waals surface area contributed by atoms with Crippen LogP contribution in [0, 0.1) is 5.92 Å². The first-order valence-corrected chi connectivity index (χ1v) is 9.33. The summed E-state index contributed by atoms with van der Waals surface area (Å²) in [5.74, 6) is -0.114. The van der Waals surface area contributed by atoms with E-state index >= 15 is 0 Å². The summed E-state index contributed by atoms with van der Waals surface area (Å²) in [5, 5.41) is 2.75. The van der Waals surface area contributed by atoms with Gasteiger partial charge in [0.1, 0.15) is 11.6 Å². The van der Waals surface area contributed by atoms with Crippen LogP contribution in [0.4, 0.5) is 0 Å². The Labute approximate surface area is 126 Å². The zero-order valence-electron chi connectivity index (χ0n) is 12.9. The van der Waals surface area contributed by atoms with E-state index in [0.717, 1.165) is 12.8 Å². The maximum atomic E-state index is 12.5. The molecule has 7 heteroatoms. The second-order valence-electron chi connectivity index (χ2n) is 6.55. The molecule has 1 atom stereocenters. The Morgan fingerprint density at radius 1 is 1.24 bits per heavy atom. The number of amides is 2. The van der Waals surface area contributed by atoms with E-state index in [0.29, 0.717) is 6.42 Å². The Hall–Kier alpha value is -1.11. The van der Waals surface area contributed by atoms with Gasteiger partial charge in [-0.1, -0.05) is 6.92 Å². The van der Waals surface area contributed by atoms with Gasteiger partial charge in [0.05, 0.1) is 5.75 Å². The summed E-state index contributed by atoms with van der Waals surface area (Å²) in [6.45, 7) is 5.24. The van der Waals surface area contributed by atoms with Crippen LogP contribution in [0.2, 0.25) is 0 Å². The molecule has 0 aromatic carbocycles. The van der Waals surface area contributed by atoms with Gasteiger partial charge in [-0.05, 0) is 39.0 Å². The molecule has 0 spiro atoms. The molecule has 1 unspecified atom stereocenters. The van der Waals surface area contributed by atoms with Gasteiger partial charge in [0.15, 0.2) is 9.84 Å². The van der Waals surface area contributed by atoms with E-state index in [1.54, 1.807) is 13.8 Å². The summed E-state index contributed by atoms with van der Waals surface area (Å²) in [6, 6.07) is -0.498. The summed E-state index contributed by atoms with van der Waals surface area (Å²) < 4.78 is 23.8. The highest BCUT2D eigenvalue weighted by Crippen LogP contribution is 2.38. The molecule has 0 aromatic rings. The van der Waals surface area contributed by atoms with Crippen LogP contribution in [-0.2, 0) is 19.4 Å². The quantitative estimate of drug-likeness (QED) is 0.765. The molecular weight excluding hydrogens is 292 g/mol. The number of carbonyl (C=O) groups excluding carboxylic acids is 2. The number of nitrogens with one attached hydrogen (secondary N) is 1. The lowest BCUT2D eigenvalue weighted by Crippen LogP contribution is -2.69. The monoisotopic (exact) mass is 316 g/mol. The largest absolute Gasteiger partial charge is 0.340 e. The van der Waals surface area contributed by atoms with E-state index in [1.807, 2.05) is 6.92 Å². The molecule has 1 N–H and O–H groups in total. The van der Waals surface area contributed by atoms with Crippen LogP contribution in [0.3, 0.4) is 0 Å². The molecule has 1 saturated carbocycles. The van der Waals surface area contributed by atoms with Crippen molar-refractivity contribution in [3.05, 3.63) is 0 Å². The Balaban J connectivity index is 2.15. The molecule has 0 radical (unpaired) electrons. The first kappa shape index (κ1) is 16.3. The van der Waals surface area contributed by atoms with Crippen molar-refractivity contribution in [1.29, 1.82) is 0 Å². The molecule has 21 heavy (non-hydrogen) atoms. The highest BCUT2D eigenvalue weighted by atomic mass is 32.2. The summed E-state index contributed by atoms with van der Waals surface area (Å²) in [6.07, 6.45) is 2.41. The van der Waals surface area contributed by atoms with Crippen molar-refractivity contribution >= 4 is 21.7 Å². The van der Waals surface area contributed by atoms with Crippen molar-refractivity contribution in [2.24, 2.45) is 5.92 Å². The van der Waals surface area contributed by atoms with Crippen molar-refractivity contribution in [1.82, 2.24) is 10.2 Å². The molecule has 2 rings (SSSR count). The van der Waals surface area contributed by atoms with Gasteiger partial charge < -0.3 is 10.2 Å². The zero-order chi connectivity index (χ0) is 15.8. The second-order valence-corrected chi connectivity index (χ2v) is 8.85. The molecule has 120 valence electrons. The van der Waals surface area contributed by atoms with Gasteiger partial charge in [0.2, 0.25) is 11.8 Å². The Morgan fingerprint density at radius 2 is 1.86 bits per heavy atom. The Morgan fingerprint density at radius 3 is 2.38 bits per heavy atom. The average molecular weight is 316 g/mol. The standard InChI is InChI=1S/C14H24N2O4S/c1-4-8-21(19,20)9-7-16-11(10-5-6-10)12(17)15-14(2,3)13(16)18/h10-11H,4-9H2,1-3H3,(H,15,17). The molecule has 0 bridgehead atoms. The fraction of sp³-hybridized carbons (Fsp3) is 0.857. The number of hydrogen-bond donors (Lipinski definition) is 1. The Kier molecular flexibility index (Phi) is 4.33. The van der Waals surface area contributed by atoms with Gasteiger partial charge in [-0.3, -0.25) is 9.59 Å². The summed E-state index contributed by atoms with van der Waals surface area (Å²) in [7, 11) is -3.16. The number of hydrogen-bond acceptors (Lipinski definition) is 4. The van der Waals surface area contributed by atoms with E-state index < -0.39 is 21.4 Å². The van der Waals surface area contributed by atoms with Crippen LogP contribution in [0.5, 0.6) is 0 Å². The van der Waals surface area contributed by atoms with Crippen LogP contribution >= 0.6 is 0 Å². The maximum absolute atomic E-state index is 12.5. The second kappa shape index (κ2) is 5.59. The van der Waals surface area contributed by atoms with E-state index in [1.165, 1.54) is 4.90 Å². The zero-order valence-corrected chi connectivity index (χ0v) is 13.7. The van der Waals surface area contributed by atoms with Crippen molar-refractivity contribution in [2.75, 3.05) is 18.1 Å². The van der Waals surface area contributed by atoms with E-state index in [4.69, 9.17) is 0 Å². The van der Waals surface area contributed by atoms with Gasteiger partial charge in [-0.15, -0.1) is 0 Å². The molecule has 1 aliphatic carbocycles. The number of rotatable bonds is 6. The predicted octanol–water partition coefficient (Wildman–Crippen LogP) is 0.327. The topological polar surface area (TPSA) is 83.6 Å². The normalized spacial score (nSPS) is 25.9. The van der Waals surface area contributed by atoms with Crippen molar-refractivity contribution in [2.45, 2.75) is 51.6 Å². The first-order valence-electron chi connectivity index (χ1n) is 7.51. The minimum atomic E-state index is -3.16. The summed E-state index contributed by atoms with van der Waals surface area (Å²) in [5.41, 5.74) is -0.961. The lowest BCUT2D eigenvalue weighted by atomic mass is 9.95. The number of piperazine rings is 1. The number of carbonyl (C=O) groups is 2. The molecular formula is C14H24N2O4S. The van der Waals surface area contributed by atoms with Crippen LogP contribution < -0.4 is 5.32 Å². The van der Waals surface area contributed by atoms with Gasteiger partial charge >= 0.3 is 0 Å². The third kappa shape index (κ3) is 3.56. The molecule has 2 aliphatic rings. The summed E-state index contributed by atoms with van der Waals surface area (Å²) in [4.78, 5) is 26.3. The predicted molar refractivity (Wildman–Crippen MR) is 79.4 cm³/mol. The first-order chi connectivity index (χ1) is 9.68. The van der Waals surface area contributed by atoms with Crippen LogP contribution in [0.25, 0.3) is 0 Å². The average Bonchev–Trinajstić information content (AvgIpc) is 3.15. The van der Waals surface area contributed by atoms with Crippen LogP contribution in [-0.4, -0.2) is 54.8 Å². The smallest absolute Gasteiger partial charge is 0.248 e. The third-order valence-electron chi connectivity index (χ3n) is 4.06. The highest BCUT2D eigenvalue weighted by Gasteiger charge is 2.50. The van der Waals surface area contributed by atoms with Gasteiger partial charge in [-0.25, -0.2) is 8.42 Å². The van der Waals surface area contributed by atoms with Crippen LogP contribution in [0.15, 0.2) is 0 Å². The molecule has 0 aromatic heterocycles.